The topological polar surface area (TPSA) is 60.5 Å². The zero-order valence-electron chi connectivity index (χ0n) is 12.6. The van der Waals surface area contributed by atoms with Gasteiger partial charge in [-0.15, -0.1) is 0 Å². The lowest BCUT2D eigenvalue weighted by molar-refractivity contribution is 0.0527. The lowest BCUT2D eigenvalue weighted by Gasteiger charge is -2.14. The average molecular weight is 288 g/mol. The van der Waals surface area contributed by atoms with E-state index in [2.05, 4.69) is 17.2 Å². The van der Waals surface area contributed by atoms with Gasteiger partial charge in [0.2, 0.25) is 0 Å². The van der Waals surface area contributed by atoms with Gasteiger partial charge in [0.05, 0.1) is 24.9 Å². The Hall–Kier alpha value is -2.30. The Balaban J connectivity index is 2.58. The molecule has 0 saturated heterocycles. The maximum Gasteiger partial charge on any atom is 0.341 e. The van der Waals surface area contributed by atoms with E-state index in [4.69, 9.17) is 9.47 Å². The molecule has 1 aromatic heterocycles. The van der Waals surface area contributed by atoms with Crippen LogP contribution in [0.4, 0.5) is 5.69 Å². The summed E-state index contributed by atoms with van der Waals surface area (Å²) in [6, 6.07) is 5.60. The number of anilines is 1. The third kappa shape index (κ3) is 3.24. The molecule has 112 valence electrons. The van der Waals surface area contributed by atoms with E-state index in [0.717, 1.165) is 35.3 Å². The molecule has 2 rings (SSSR count). The molecule has 0 bridgehead atoms. The van der Waals surface area contributed by atoms with Gasteiger partial charge in [0, 0.05) is 18.1 Å². The van der Waals surface area contributed by atoms with Crippen molar-refractivity contribution in [1.29, 1.82) is 0 Å². The van der Waals surface area contributed by atoms with Crippen LogP contribution in [-0.4, -0.2) is 31.2 Å². The predicted octanol–water partition coefficient (Wildman–Crippen LogP) is 3.24. The van der Waals surface area contributed by atoms with Crippen LogP contribution >= 0.6 is 0 Å². The number of rotatable bonds is 6. The largest absolute Gasteiger partial charge is 0.497 e. The minimum absolute atomic E-state index is 0.336. The summed E-state index contributed by atoms with van der Waals surface area (Å²) in [7, 11) is 1.61. The van der Waals surface area contributed by atoms with E-state index in [1.165, 1.54) is 0 Å². The fourth-order valence-electron chi connectivity index (χ4n) is 2.10. The van der Waals surface area contributed by atoms with Crippen molar-refractivity contribution in [2.75, 3.05) is 25.6 Å². The first kappa shape index (κ1) is 15.1. The third-order valence-electron chi connectivity index (χ3n) is 3.12. The number of carbonyl (C=O) groups is 1. The van der Waals surface area contributed by atoms with Gasteiger partial charge in [0.25, 0.3) is 0 Å². The highest BCUT2D eigenvalue weighted by Gasteiger charge is 2.16. The van der Waals surface area contributed by atoms with Gasteiger partial charge >= 0.3 is 5.97 Å². The van der Waals surface area contributed by atoms with Gasteiger partial charge in [-0.1, -0.05) is 6.92 Å². The van der Waals surface area contributed by atoms with E-state index in [9.17, 15) is 4.79 Å². The number of benzene rings is 1. The maximum absolute atomic E-state index is 12.1. The van der Waals surface area contributed by atoms with Gasteiger partial charge in [-0.3, -0.25) is 4.98 Å². The highest BCUT2D eigenvalue weighted by atomic mass is 16.5. The molecular weight excluding hydrogens is 268 g/mol. The van der Waals surface area contributed by atoms with E-state index in [1.54, 1.807) is 20.2 Å². The van der Waals surface area contributed by atoms with Crippen molar-refractivity contribution in [3.8, 4) is 5.75 Å². The second-order valence-corrected chi connectivity index (χ2v) is 4.58. The van der Waals surface area contributed by atoms with Crippen molar-refractivity contribution in [3.05, 3.63) is 30.0 Å². The minimum atomic E-state index is -0.367. The molecule has 0 atom stereocenters. The number of methoxy groups -OCH3 is 1. The molecule has 0 radical (unpaired) electrons. The Morgan fingerprint density at radius 1 is 1.33 bits per heavy atom. The number of aromatic nitrogens is 1. The zero-order chi connectivity index (χ0) is 15.2. The Kier molecular flexibility index (Phi) is 4.98. The van der Waals surface area contributed by atoms with E-state index in [1.807, 2.05) is 18.2 Å². The number of pyridine rings is 1. The van der Waals surface area contributed by atoms with Crippen LogP contribution in [0.5, 0.6) is 5.75 Å². The first-order chi connectivity index (χ1) is 10.2. The molecule has 2 aromatic rings. The molecule has 1 aromatic carbocycles. The van der Waals surface area contributed by atoms with Crippen LogP contribution in [0.15, 0.2) is 24.4 Å². The summed E-state index contributed by atoms with van der Waals surface area (Å²) in [4.78, 5) is 16.4. The van der Waals surface area contributed by atoms with Crippen LogP contribution in [-0.2, 0) is 4.74 Å². The molecule has 0 unspecified atom stereocenters. The molecule has 0 aliphatic rings. The van der Waals surface area contributed by atoms with Crippen LogP contribution in [0, 0.1) is 0 Å². The van der Waals surface area contributed by atoms with Crippen LogP contribution in [0.3, 0.4) is 0 Å². The number of esters is 1. The second kappa shape index (κ2) is 6.92. The van der Waals surface area contributed by atoms with Crippen molar-refractivity contribution < 1.29 is 14.3 Å². The number of carbonyl (C=O) groups excluding carboxylic acids is 1. The van der Waals surface area contributed by atoms with E-state index < -0.39 is 0 Å². The number of nitrogens with one attached hydrogen (secondary N) is 1. The smallest absolute Gasteiger partial charge is 0.341 e. The molecule has 1 N–H and O–H groups in total. The highest BCUT2D eigenvalue weighted by molar-refractivity contribution is 6.05. The fourth-order valence-corrected chi connectivity index (χ4v) is 2.10. The van der Waals surface area contributed by atoms with Gasteiger partial charge in [0.15, 0.2) is 0 Å². The maximum atomic E-state index is 12.1. The summed E-state index contributed by atoms with van der Waals surface area (Å²) in [5.74, 6) is 0.359. The molecule has 5 nitrogen and oxygen atoms in total. The van der Waals surface area contributed by atoms with Gasteiger partial charge in [-0.05, 0) is 31.5 Å². The molecule has 0 saturated carbocycles. The third-order valence-corrected chi connectivity index (χ3v) is 3.12. The number of hydrogen-bond acceptors (Lipinski definition) is 5. The predicted molar refractivity (Wildman–Crippen MR) is 83.0 cm³/mol. The lowest BCUT2D eigenvalue weighted by Crippen LogP contribution is -2.11. The van der Waals surface area contributed by atoms with Crippen LogP contribution in [0.25, 0.3) is 10.9 Å². The second-order valence-electron chi connectivity index (χ2n) is 4.58. The summed E-state index contributed by atoms with van der Waals surface area (Å²) in [6.07, 6.45) is 2.51. The molecule has 21 heavy (non-hydrogen) atoms. The van der Waals surface area contributed by atoms with Crippen molar-refractivity contribution in [2.45, 2.75) is 20.3 Å². The first-order valence-electron chi connectivity index (χ1n) is 7.09. The summed E-state index contributed by atoms with van der Waals surface area (Å²) in [5, 5.41) is 4.16. The normalized spacial score (nSPS) is 10.4. The molecule has 0 aliphatic carbocycles. The van der Waals surface area contributed by atoms with Gasteiger partial charge in [0.1, 0.15) is 11.3 Å². The zero-order valence-corrected chi connectivity index (χ0v) is 12.6. The molecule has 0 aliphatic heterocycles. The summed E-state index contributed by atoms with van der Waals surface area (Å²) in [6.45, 7) is 4.96. The highest BCUT2D eigenvalue weighted by Crippen LogP contribution is 2.29. The van der Waals surface area contributed by atoms with Gasteiger partial charge in [-0.25, -0.2) is 4.79 Å². The van der Waals surface area contributed by atoms with Crippen LogP contribution < -0.4 is 10.1 Å². The van der Waals surface area contributed by atoms with Gasteiger partial charge in [-0.2, -0.15) is 0 Å². The summed E-state index contributed by atoms with van der Waals surface area (Å²) < 4.78 is 10.4. The summed E-state index contributed by atoms with van der Waals surface area (Å²) in [5.41, 5.74) is 2.01. The fraction of sp³-hybridized carbons (Fsp3) is 0.375. The van der Waals surface area contributed by atoms with Crippen LogP contribution in [0.1, 0.15) is 30.6 Å². The van der Waals surface area contributed by atoms with Crippen molar-refractivity contribution >= 4 is 22.6 Å². The Labute approximate surface area is 124 Å². The monoisotopic (exact) mass is 288 g/mol. The van der Waals surface area contributed by atoms with E-state index in [0.29, 0.717) is 12.2 Å². The Morgan fingerprint density at radius 3 is 2.81 bits per heavy atom. The Morgan fingerprint density at radius 2 is 2.14 bits per heavy atom. The molecule has 0 amide bonds. The molecule has 5 heteroatoms. The number of hydrogen-bond donors (Lipinski definition) is 1. The number of ether oxygens (including phenoxy) is 2. The summed E-state index contributed by atoms with van der Waals surface area (Å²) >= 11 is 0. The lowest BCUT2D eigenvalue weighted by atomic mass is 10.1. The molecule has 0 spiro atoms. The average Bonchev–Trinajstić information content (AvgIpc) is 2.52. The van der Waals surface area contributed by atoms with Crippen molar-refractivity contribution in [1.82, 2.24) is 4.98 Å². The minimum Gasteiger partial charge on any atom is -0.497 e. The molecule has 1 heterocycles. The quantitative estimate of drug-likeness (QED) is 0.827. The SMILES string of the molecule is CCCNc1c(C(=O)OCC)cnc2ccc(OC)cc12. The Bertz CT molecular complexity index is 641. The van der Waals surface area contributed by atoms with E-state index in [-0.39, 0.29) is 5.97 Å². The first-order valence-corrected chi connectivity index (χ1v) is 7.09. The van der Waals surface area contributed by atoms with Gasteiger partial charge < -0.3 is 14.8 Å². The molecular formula is C16H20N2O3. The van der Waals surface area contributed by atoms with Crippen molar-refractivity contribution in [2.24, 2.45) is 0 Å². The van der Waals surface area contributed by atoms with E-state index >= 15 is 0 Å². The number of nitrogens with zero attached hydrogens (tertiary/aromatic N) is 1. The van der Waals surface area contributed by atoms with Crippen molar-refractivity contribution in [3.63, 3.8) is 0 Å². The number of fused-ring (bicyclic) bond motifs is 1. The van der Waals surface area contributed by atoms with Crippen LogP contribution in [0.2, 0.25) is 0 Å². The molecule has 0 fully saturated rings. The standard InChI is InChI=1S/C16H20N2O3/c1-4-8-17-15-12-9-11(20-3)6-7-14(12)18-10-13(15)16(19)21-5-2/h6-7,9-10H,4-5,8H2,1-3H3,(H,17,18).